The Labute approximate surface area is 141 Å². The molecule has 0 aliphatic carbocycles. The third kappa shape index (κ3) is 5.12. The van der Waals surface area contributed by atoms with E-state index in [0.717, 1.165) is 5.56 Å². The maximum atomic E-state index is 12.4. The highest BCUT2D eigenvalue weighted by molar-refractivity contribution is 5.94. The van der Waals surface area contributed by atoms with Crippen LogP contribution >= 0.6 is 0 Å². The minimum absolute atomic E-state index is 0.0511. The van der Waals surface area contributed by atoms with Gasteiger partial charge < -0.3 is 20.0 Å². The standard InChI is InChI=1S/C19H21NO4/c1-13(2)24-16-10-8-15(9-11-16)19(23)20-17(12-18(21)22)14-6-4-3-5-7-14/h3-11,13,17H,12H2,1-2H3,(H,20,23)(H,21,22)/p-1. The first-order valence-corrected chi connectivity index (χ1v) is 7.78. The van der Waals surface area contributed by atoms with Crippen molar-refractivity contribution >= 4 is 11.9 Å². The maximum absolute atomic E-state index is 12.4. The van der Waals surface area contributed by atoms with Crippen molar-refractivity contribution in [3.05, 3.63) is 65.7 Å². The molecule has 2 aromatic carbocycles. The van der Waals surface area contributed by atoms with Gasteiger partial charge in [0.15, 0.2) is 0 Å². The van der Waals surface area contributed by atoms with Crippen LogP contribution in [-0.2, 0) is 4.79 Å². The van der Waals surface area contributed by atoms with Crippen molar-refractivity contribution in [2.75, 3.05) is 0 Å². The lowest BCUT2D eigenvalue weighted by Gasteiger charge is -2.20. The highest BCUT2D eigenvalue weighted by Crippen LogP contribution is 2.18. The molecule has 1 amide bonds. The molecule has 1 N–H and O–H groups in total. The number of carboxylic acids is 1. The maximum Gasteiger partial charge on any atom is 0.251 e. The number of hydrogen-bond acceptors (Lipinski definition) is 4. The Kier molecular flexibility index (Phi) is 5.95. The molecule has 0 fully saturated rings. The highest BCUT2D eigenvalue weighted by Gasteiger charge is 2.16. The Hall–Kier alpha value is -2.82. The van der Waals surface area contributed by atoms with Crippen LogP contribution in [0.3, 0.4) is 0 Å². The predicted octanol–water partition coefficient (Wildman–Crippen LogP) is 2.08. The summed E-state index contributed by atoms with van der Waals surface area (Å²) < 4.78 is 5.53. The van der Waals surface area contributed by atoms with E-state index >= 15 is 0 Å². The van der Waals surface area contributed by atoms with Gasteiger partial charge in [0.05, 0.1) is 12.1 Å². The van der Waals surface area contributed by atoms with Crippen LogP contribution in [-0.4, -0.2) is 18.0 Å². The van der Waals surface area contributed by atoms with Crippen LogP contribution in [0.25, 0.3) is 0 Å². The van der Waals surface area contributed by atoms with Gasteiger partial charge >= 0.3 is 0 Å². The summed E-state index contributed by atoms with van der Waals surface area (Å²) in [6.45, 7) is 3.84. The molecule has 0 saturated carbocycles. The van der Waals surface area contributed by atoms with E-state index in [1.165, 1.54) is 0 Å². The number of carboxylic acid groups (broad SMARTS) is 1. The molecule has 0 bridgehead atoms. The monoisotopic (exact) mass is 326 g/mol. The zero-order valence-corrected chi connectivity index (χ0v) is 13.7. The number of nitrogens with one attached hydrogen (secondary N) is 1. The summed E-state index contributed by atoms with van der Waals surface area (Å²) >= 11 is 0. The van der Waals surface area contributed by atoms with Crippen LogP contribution in [0.4, 0.5) is 0 Å². The number of rotatable bonds is 7. The molecule has 0 aliphatic rings. The van der Waals surface area contributed by atoms with Crippen molar-refractivity contribution in [1.29, 1.82) is 0 Å². The quantitative estimate of drug-likeness (QED) is 0.845. The first-order valence-electron chi connectivity index (χ1n) is 7.78. The van der Waals surface area contributed by atoms with Gasteiger partial charge in [0.25, 0.3) is 5.91 Å². The van der Waals surface area contributed by atoms with E-state index in [2.05, 4.69) is 5.32 Å². The van der Waals surface area contributed by atoms with E-state index in [9.17, 15) is 14.7 Å². The zero-order valence-electron chi connectivity index (χ0n) is 13.7. The number of hydrogen-bond donors (Lipinski definition) is 1. The largest absolute Gasteiger partial charge is 0.550 e. The van der Waals surface area contributed by atoms with E-state index in [1.54, 1.807) is 48.5 Å². The van der Waals surface area contributed by atoms with Gasteiger partial charge in [-0.15, -0.1) is 0 Å². The van der Waals surface area contributed by atoms with Crippen molar-refractivity contribution in [3.63, 3.8) is 0 Å². The summed E-state index contributed by atoms with van der Waals surface area (Å²) in [6.07, 6.45) is -0.236. The zero-order chi connectivity index (χ0) is 17.5. The Bertz CT molecular complexity index is 680. The molecule has 0 saturated heterocycles. The average molecular weight is 326 g/mol. The average Bonchev–Trinajstić information content (AvgIpc) is 2.54. The Morgan fingerprint density at radius 1 is 1.04 bits per heavy atom. The fourth-order valence-corrected chi connectivity index (χ4v) is 2.30. The number of ether oxygens (including phenoxy) is 1. The number of carbonyl (C=O) groups excluding carboxylic acids is 2. The SMILES string of the molecule is CC(C)Oc1ccc(C(=O)NC(CC(=O)[O-])c2ccccc2)cc1. The van der Waals surface area contributed by atoms with Crippen molar-refractivity contribution in [3.8, 4) is 5.75 Å². The van der Waals surface area contributed by atoms with Gasteiger partial charge in [-0.1, -0.05) is 30.3 Å². The molecule has 0 heterocycles. The molecule has 2 rings (SSSR count). The lowest BCUT2D eigenvalue weighted by Crippen LogP contribution is -2.34. The molecule has 0 aromatic heterocycles. The van der Waals surface area contributed by atoms with E-state index < -0.39 is 12.0 Å². The number of carbonyl (C=O) groups is 2. The fourth-order valence-electron chi connectivity index (χ4n) is 2.30. The molecule has 2 aromatic rings. The van der Waals surface area contributed by atoms with Crippen LogP contribution in [0.2, 0.25) is 0 Å². The molecule has 5 nitrogen and oxygen atoms in total. The third-order valence-electron chi connectivity index (χ3n) is 3.37. The Morgan fingerprint density at radius 3 is 2.21 bits per heavy atom. The summed E-state index contributed by atoms with van der Waals surface area (Å²) in [5, 5.41) is 13.7. The molecular formula is C19H20NO4-. The Balaban J connectivity index is 2.11. The summed E-state index contributed by atoms with van der Waals surface area (Å²) in [5.41, 5.74) is 1.15. The van der Waals surface area contributed by atoms with Crippen molar-refractivity contribution in [1.82, 2.24) is 5.32 Å². The second kappa shape index (κ2) is 8.15. The van der Waals surface area contributed by atoms with Gasteiger partial charge in [-0.05, 0) is 43.7 Å². The molecule has 0 spiro atoms. The fraction of sp³-hybridized carbons (Fsp3) is 0.263. The molecule has 1 unspecified atom stereocenters. The van der Waals surface area contributed by atoms with E-state index in [0.29, 0.717) is 11.3 Å². The van der Waals surface area contributed by atoms with Gasteiger partial charge in [0.2, 0.25) is 0 Å². The number of aliphatic carboxylic acids is 1. The lowest BCUT2D eigenvalue weighted by molar-refractivity contribution is -0.306. The van der Waals surface area contributed by atoms with Gasteiger partial charge in [-0.3, -0.25) is 4.79 Å². The summed E-state index contributed by atoms with van der Waals surface area (Å²) in [7, 11) is 0. The Morgan fingerprint density at radius 2 is 1.67 bits per heavy atom. The first-order chi connectivity index (χ1) is 11.5. The molecule has 24 heavy (non-hydrogen) atoms. The second-order valence-corrected chi connectivity index (χ2v) is 5.70. The molecule has 126 valence electrons. The van der Waals surface area contributed by atoms with Gasteiger partial charge in [-0.2, -0.15) is 0 Å². The topological polar surface area (TPSA) is 78.5 Å². The summed E-state index contributed by atoms with van der Waals surface area (Å²) in [4.78, 5) is 23.3. The molecular weight excluding hydrogens is 306 g/mol. The molecule has 1 atom stereocenters. The van der Waals surface area contributed by atoms with Crippen molar-refractivity contribution in [2.24, 2.45) is 0 Å². The van der Waals surface area contributed by atoms with Gasteiger partial charge in [0.1, 0.15) is 5.75 Å². The van der Waals surface area contributed by atoms with Crippen molar-refractivity contribution < 1.29 is 19.4 Å². The van der Waals surface area contributed by atoms with E-state index in [4.69, 9.17) is 4.74 Å². The van der Waals surface area contributed by atoms with Crippen LogP contribution < -0.4 is 15.2 Å². The third-order valence-corrected chi connectivity index (χ3v) is 3.37. The van der Waals surface area contributed by atoms with Gasteiger partial charge in [0, 0.05) is 18.0 Å². The highest BCUT2D eigenvalue weighted by atomic mass is 16.5. The van der Waals surface area contributed by atoms with Gasteiger partial charge in [-0.25, -0.2) is 0 Å². The van der Waals surface area contributed by atoms with Crippen molar-refractivity contribution in [2.45, 2.75) is 32.4 Å². The smallest absolute Gasteiger partial charge is 0.251 e. The molecule has 0 radical (unpaired) electrons. The normalized spacial score (nSPS) is 11.8. The van der Waals surface area contributed by atoms with Crippen LogP contribution in [0.5, 0.6) is 5.75 Å². The van der Waals surface area contributed by atoms with Crippen LogP contribution in [0.15, 0.2) is 54.6 Å². The van der Waals surface area contributed by atoms with E-state index in [1.807, 2.05) is 19.9 Å². The minimum Gasteiger partial charge on any atom is -0.550 e. The van der Waals surface area contributed by atoms with Crippen LogP contribution in [0.1, 0.15) is 42.2 Å². The summed E-state index contributed by atoms with van der Waals surface area (Å²) in [5.74, 6) is -0.887. The number of benzene rings is 2. The summed E-state index contributed by atoms with van der Waals surface area (Å²) in [6, 6.07) is 15.0. The van der Waals surface area contributed by atoms with Crippen LogP contribution in [0, 0.1) is 0 Å². The van der Waals surface area contributed by atoms with E-state index in [-0.39, 0.29) is 18.4 Å². The minimum atomic E-state index is -1.22. The second-order valence-electron chi connectivity index (χ2n) is 5.70. The number of amides is 1. The molecule has 0 aliphatic heterocycles. The first kappa shape index (κ1) is 17.5. The predicted molar refractivity (Wildman–Crippen MR) is 88.5 cm³/mol. The lowest BCUT2D eigenvalue weighted by atomic mass is 10.0. The molecule has 5 heteroatoms.